The summed E-state index contributed by atoms with van der Waals surface area (Å²) in [6, 6.07) is 1.88. The normalized spacial score (nSPS) is 12.1. The van der Waals surface area contributed by atoms with Gasteiger partial charge in [-0.05, 0) is 22.4 Å². The maximum atomic E-state index is 12.2. The maximum absolute atomic E-state index is 12.2. The second kappa shape index (κ2) is 6.99. The van der Waals surface area contributed by atoms with E-state index in [2.05, 4.69) is 4.74 Å². The van der Waals surface area contributed by atoms with Crippen molar-refractivity contribution in [3.05, 3.63) is 22.4 Å². The molecular formula is C11H18N2O4S2. The van der Waals surface area contributed by atoms with E-state index in [4.69, 9.17) is 0 Å². The first-order valence-electron chi connectivity index (χ1n) is 5.63. The fourth-order valence-corrected chi connectivity index (χ4v) is 3.20. The summed E-state index contributed by atoms with van der Waals surface area (Å²) < 4.78 is 31.2. The molecule has 0 unspecified atom stereocenters. The van der Waals surface area contributed by atoms with Crippen molar-refractivity contribution >= 4 is 27.5 Å². The highest BCUT2D eigenvalue weighted by Crippen LogP contribution is 2.13. The van der Waals surface area contributed by atoms with Crippen molar-refractivity contribution in [3.63, 3.8) is 0 Å². The van der Waals surface area contributed by atoms with Crippen LogP contribution in [0.5, 0.6) is 0 Å². The number of thiophene rings is 1. The number of esters is 1. The van der Waals surface area contributed by atoms with Gasteiger partial charge in [-0.2, -0.15) is 28.4 Å². The first kappa shape index (κ1) is 16.1. The highest BCUT2D eigenvalue weighted by molar-refractivity contribution is 7.86. The lowest BCUT2D eigenvalue weighted by Crippen LogP contribution is -2.40. The van der Waals surface area contributed by atoms with Gasteiger partial charge in [0, 0.05) is 27.2 Å². The molecule has 0 aliphatic carbocycles. The molecule has 19 heavy (non-hydrogen) atoms. The van der Waals surface area contributed by atoms with Crippen molar-refractivity contribution in [2.24, 2.45) is 0 Å². The van der Waals surface area contributed by atoms with Crippen molar-refractivity contribution < 1.29 is 17.9 Å². The number of rotatable bonds is 7. The Hall–Kier alpha value is -0.960. The summed E-state index contributed by atoms with van der Waals surface area (Å²) in [5.41, 5.74) is 0.942. The molecule has 108 valence electrons. The highest BCUT2D eigenvalue weighted by atomic mass is 32.2. The Kier molecular flexibility index (Phi) is 5.92. The van der Waals surface area contributed by atoms with Gasteiger partial charge in [-0.15, -0.1) is 0 Å². The summed E-state index contributed by atoms with van der Waals surface area (Å²) in [5.74, 6) is -0.428. The van der Waals surface area contributed by atoms with E-state index in [1.165, 1.54) is 36.8 Å². The van der Waals surface area contributed by atoms with Crippen LogP contribution in [0.25, 0.3) is 0 Å². The summed E-state index contributed by atoms with van der Waals surface area (Å²) in [5, 5.41) is 3.80. The molecule has 0 saturated heterocycles. The second-order valence-electron chi connectivity index (χ2n) is 4.04. The van der Waals surface area contributed by atoms with Gasteiger partial charge in [0.05, 0.1) is 13.5 Å². The van der Waals surface area contributed by atoms with Gasteiger partial charge in [-0.1, -0.05) is 0 Å². The number of ether oxygens (including phenoxy) is 1. The lowest BCUT2D eigenvalue weighted by molar-refractivity contribution is -0.140. The monoisotopic (exact) mass is 306 g/mol. The lowest BCUT2D eigenvalue weighted by atomic mass is 10.3. The first-order chi connectivity index (χ1) is 8.87. The predicted octanol–water partition coefficient (Wildman–Crippen LogP) is 0.920. The fraction of sp³-hybridized carbons (Fsp3) is 0.545. The van der Waals surface area contributed by atoms with Crippen LogP contribution in [-0.4, -0.2) is 50.7 Å². The Morgan fingerprint density at radius 1 is 1.37 bits per heavy atom. The van der Waals surface area contributed by atoms with E-state index < -0.39 is 16.2 Å². The number of hydrogen-bond donors (Lipinski definition) is 0. The van der Waals surface area contributed by atoms with Gasteiger partial charge >= 0.3 is 5.97 Å². The summed E-state index contributed by atoms with van der Waals surface area (Å²) >= 11 is 1.52. The molecule has 1 heterocycles. The molecule has 6 nitrogen and oxygen atoms in total. The quantitative estimate of drug-likeness (QED) is 0.703. The molecule has 1 aromatic heterocycles. The Balaban J connectivity index is 2.60. The van der Waals surface area contributed by atoms with E-state index in [9.17, 15) is 13.2 Å². The molecule has 0 N–H and O–H groups in total. The standard InChI is InChI=1S/C11H18N2O4S2/c1-12(6-4-11(14)17-3)19(15,16)13(2)8-10-5-7-18-9-10/h5,7,9H,4,6,8H2,1-3H3. The molecule has 0 amide bonds. The van der Waals surface area contributed by atoms with Crippen LogP contribution in [0.1, 0.15) is 12.0 Å². The average Bonchev–Trinajstić information content (AvgIpc) is 2.87. The van der Waals surface area contributed by atoms with Crippen LogP contribution in [0.4, 0.5) is 0 Å². The van der Waals surface area contributed by atoms with Gasteiger partial charge in [0.1, 0.15) is 0 Å². The van der Waals surface area contributed by atoms with Gasteiger partial charge in [-0.3, -0.25) is 4.79 Å². The number of hydrogen-bond acceptors (Lipinski definition) is 5. The third-order valence-electron chi connectivity index (χ3n) is 2.63. The Labute approximate surface area is 117 Å². The Morgan fingerprint density at radius 2 is 2.05 bits per heavy atom. The zero-order chi connectivity index (χ0) is 14.5. The molecule has 0 atom stereocenters. The maximum Gasteiger partial charge on any atom is 0.306 e. The van der Waals surface area contributed by atoms with E-state index in [0.717, 1.165) is 9.87 Å². The summed E-state index contributed by atoms with van der Waals surface area (Å²) in [6.45, 7) is 0.414. The molecule has 0 aliphatic heterocycles. The average molecular weight is 306 g/mol. The smallest absolute Gasteiger partial charge is 0.306 e. The highest BCUT2D eigenvalue weighted by Gasteiger charge is 2.24. The molecule has 0 aromatic carbocycles. The largest absolute Gasteiger partial charge is 0.469 e. The van der Waals surface area contributed by atoms with Gasteiger partial charge < -0.3 is 4.74 Å². The molecule has 0 radical (unpaired) electrons. The Morgan fingerprint density at radius 3 is 2.58 bits per heavy atom. The second-order valence-corrected chi connectivity index (χ2v) is 6.97. The van der Waals surface area contributed by atoms with Crippen LogP contribution < -0.4 is 0 Å². The first-order valence-corrected chi connectivity index (χ1v) is 7.97. The lowest BCUT2D eigenvalue weighted by Gasteiger charge is -2.23. The van der Waals surface area contributed by atoms with Crippen molar-refractivity contribution in [1.82, 2.24) is 8.61 Å². The van der Waals surface area contributed by atoms with Gasteiger partial charge in [0.2, 0.25) is 0 Å². The SMILES string of the molecule is COC(=O)CCN(C)S(=O)(=O)N(C)Cc1ccsc1. The van der Waals surface area contributed by atoms with Gasteiger partial charge in [0.15, 0.2) is 0 Å². The van der Waals surface area contributed by atoms with Gasteiger partial charge in [-0.25, -0.2) is 0 Å². The van der Waals surface area contributed by atoms with E-state index >= 15 is 0 Å². The summed E-state index contributed by atoms with van der Waals surface area (Å²) in [4.78, 5) is 11.0. The van der Waals surface area contributed by atoms with Crippen molar-refractivity contribution in [2.75, 3.05) is 27.7 Å². The molecular weight excluding hydrogens is 288 g/mol. The third-order valence-corrected chi connectivity index (χ3v) is 5.25. The van der Waals surface area contributed by atoms with Gasteiger partial charge in [0.25, 0.3) is 10.2 Å². The summed E-state index contributed by atoms with van der Waals surface area (Å²) in [7, 11) is 0.684. The van der Waals surface area contributed by atoms with E-state index in [-0.39, 0.29) is 13.0 Å². The number of carbonyl (C=O) groups excluding carboxylic acids is 1. The van der Waals surface area contributed by atoms with E-state index in [1.54, 1.807) is 0 Å². The van der Waals surface area contributed by atoms with Crippen LogP contribution in [0.2, 0.25) is 0 Å². The summed E-state index contributed by atoms with van der Waals surface area (Å²) in [6.07, 6.45) is 0.0402. The van der Waals surface area contributed by atoms with Crippen molar-refractivity contribution in [2.45, 2.75) is 13.0 Å². The van der Waals surface area contributed by atoms with Crippen LogP contribution in [0.3, 0.4) is 0 Å². The van der Waals surface area contributed by atoms with Crippen LogP contribution in [0, 0.1) is 0 Å². The number of nitrogens with zero attached hydrogens (tertiary/aromatic N) is 2. The van der Waals surface area contributed by atoms with E-state index in [0.29, 0.717) is 6.54 Å². The number of methoxy groups -OCH3 is 1. The minimum absolute atomic E-state index is 0.0402. The zero-order valence-corrected chi connectivity index (χ0v) is 12.8. The minimum atomic E-state index is -3.56. The molecule has 0 fully saturated rings. The number of carbonyl (C=O) groups is 1. The zero-order valence-electron chi connectivity index (χ0n) is 11.2. The molecule has 0 saturated carbocycles. The molecule has 0 aliphatic rings. The Bertz CT molecular complexity index is 499. The molecule has 8 heteroatoms. The van der Waals surface area contributed by atoms with Crippen LogP contribution >= 0.6 is 11.3 Å². The molecule has 0 spiro atoms. The molecule has 1 aromatic rings. The molecule has 0 bridgehead atoms. The molecule has 1 rings (SSSR count). The topological polar surface area (TPSA) is 66.9 Å². The van der Waals surface area contributed by atoms with Crippen LogP contribution in [-0.2, 0) is 26.3 Å². The third kappa shape index (κ3) is 4.57. The van der Waals surface area contributed by atoms with E-state index in [1.807, 2.05) is 16.8 Å². The van der Waals surface area contributed by atoms with Crippen molar-refractivity contribution in [3.8, 4) is 0 Å². The minimum Gasteiger partial charge on any atom is -0.469 e. The fourth-order valence-electron chi connectivity index (χ4n) is 1.43. The predicted molar refractivity (Wildman–Crippen MR) is 74.0 cm³/mol. The van der Waals surface area contributed by atoms with Crippen LogP contribution in [0.15, 0.2) is 16.8 Å². The van der Waals surface area contributed by atoms with Crippen molar-refractivity contribution in [1.29, 1.82) is 0 Å².